The van der Waals surface area contributed by atoms with E-state index in [-0.39, 0.29) is 29.3 Å². The minimum Gasteiger partial charge on any atom is -0.480 e. The molecule has 0 atom stereocenters. The SMILES string of the molecule is CCCN(CC(=O)O)c1cc([N+](=O)[O-])ccc1C(C)=O. The number of carboxylic acids is 1. The third-order valence-corrected chi connectivity index (χ3v) is 2.73. The van der Waals surface area contributed by atoms with Crippen molar-refractivity contribution in [3.8, 4) is 0 Å². The first-order chi connectivity index (χ1) is 9.36. The van der Waals surface area contributed by atoms with Crippen molar-refractivity contribution in [2.24, 2.45) is 0 Å². The van der Waals surface area contributed by atoms with Crippen LogP contribution in [-0.2, 0) is 4.79 Å². The average Bonchev–Trinajstić information content (AvgIpc) is 2.36. The molecule has 1 rings (SSSR count). The van der Waals surface area contributed by atoms with Crippen molar-refractivity contribution in [3.05, 3.63) is 33.9 Å². The molecule has 1 N–H and O–H groups in total. The average molecular weight is 280 g/mol. The van der Waals surface area contributed by atoms with Gasteiger partial charge in [-0.25, -0.2) is 0 Å². The van der Waals surface area contributed by atoms with E-state index in [0.29, 0.717) is 13.0 Å². The minimum absolute atomic E-state index is 0.170. The number of aliphatic carboxylic acids is 1. The Bertz CT molecular complexity index is 542. The first-order valence-electron chi connectivity index (χ1n) is 6.13. The van der Waals surface area contributed by atoms with Gasteiger partial charge in [0.15, 0.2) is 5.78 Å². The molecule has 108 valence electrons. The van der Waals surface area contributed by atoms with Gasteiger partial charge < -0.3 is 10.0 Å². The van der Waals surface area contributed by atoms with Gasteiger partial charge in [-0.3, -0.25) is 19.7 Å². The zero-order valence-corrected chi connectivity index (χ0v) is 11.3. The molecule has 0 aliphatic heterocycles. The lowest BCUT2D eigenvalue weighted by Gasteiger charge is -2.24. The van der Waals surface area contributed by atoms with E-state index in [1.807, 2.05) is 6.92 Å². The summed E-state index contributed by atoms with van der Waals surface area (Å²) in [6.07, 6.45) is 0.660. The molecule has 1 aromatic carbocycles. The molecule has 0 spiro atoms. The van der Waals surface area contributed by atoms with Crippen LogP contribution in [0.2, 0.25) is 0 Å². The highest BCUT2D eigenvalue weighted by Gasteiger charge is 2.19. The number of hydrogen-bond donors (Lipinski definition) is 1. The number of carbonyl (C=O) groups excluding carboxylic acids is 1. The van der Waals surface area contributed by atoms with Gasteiger partial charge in [-0.1, -0.05) is 6.92 Å². The highest BCUT2D eigenvalue weighted by atomic mass is 16.6. The summed E-state index contributed by atoms with van der Waals surface area (Å²) in [4.78, 5) is 34.2. The van der Waals surface area contributed by atoms with Crippen molar-refractivity contribution in [1.82, 2.24) is 0 Å². The summed E-state index contributed by atoms with van der Waals surface area (Å²) in [7, 11) is 0. The summed E-state index contributed by atoms with van der Waals surface area (Å²) in [6, 6.07) is 3.85. The minimum atomic E-state index is -1.06. The number of Topliss-reactive ketones (excluding diaryl/α,β-unsaturated/α-hetero) is 1. The second-order valence-electron chi connectivity index (χ2n) is 4.33. The number of hydrogen-bond acceptors (Lipinski definition) is 5. The van der Waals surface area contributed by atoms with E-state index in [1.54, 1.807) is 0 Å². The Morgan fingerprint density at radius 3 is 2.50 bits per heavy atom. The summed E-state index contributed by atoms with van der Waals surface area (Å²) in [6.45, 7) is 3.29. The maximum atomic E-state index is 11.6. The molecule has 1 aromatic rings. The van der Waals surface area contributed by atoms with Gasteiger partial charge in [-0.2, -0.15) is 0 Å². The van der Waals surface area contributed by atoms with E-state index in [9.17, 15) is 19.7 Å². The fourth-order valence-electron chi connectivity index (χ4n) is 1.91. The number of rotatable bonds is 7. The molecular formula is C13H16N2O5. The van der Waals surface area contributed by atoms with Crippen molar-refractivity contribution in [2.45, 2.75) is 20.3 Å². The van der Waals surface area contributed by atoms with Crippen LogP contribution in [0.25, 0.3) is 0 Å². The van der Waals surface area contributed by atoms with Crippen LogP contribution in [0.3, 0.4) is 0 Å². The van der Waals surface area contributed by atoms with Crippen molar-refractivity contribution >= 4 is 23.1 Å². The molecule has 7 heteroatoms. The van der Waals surface area contributed by atoms with Crippen molar-refractivity contribution in [2.75, 3.05) is 18.0 Å². The van der Waals surface area contributed by atoms with Gasteiger partial charge in [-0.15, -0.1) is 0 Å². The van der Waals surface area contributed by atoms with Crippen LogP contribution in [0.1, 0.15) is 30.6 Å². The highest BCUT2D eigenvalue weighted by Crippen LogP contribution is 2.27. The van der Waals surface area contributed by atoms with E-state index in [4.69, 9.17) is 5.11 Å². The maximum Gasteiger partial charge on any atom is 0.323 e. The standard InChI is InChI=1S/C13H16N2O5/c1-3-6-14(8-13(17)18)12-7-10(15(19)20)4-5-11(12)9(2)16/h4-5,7H,3,6,8H2,1-2H3,(H,17,18). The number of benzene rings is 1. The number of carbonyl (C=O) groups is 2. The van der Waals surface area contributed by atoms with Crippen LogP contribution < -0.4 is 4.90 Å². The Balaban J connectivity index is 3.33. The summed E-state index contributed by atoms with van der Waals surface area (Å²) in [5.41, 5.74) is 0.401. The second kappa shape index (κ2) is 6.65. The molecule has 0 fully saturated rings. The van der Waals surface area contributed by atoms with Crippen LogP contribution in [0, 0.1) is 10.1 Å². The van der Waals surface area contributed by atoms with Gasteiger partial charge in [0.2, 0.25) is 0 Å². The molecule has 0 unspecified atom stereocenters. The Kier molecular flexibility index (Phi) is 5.19. The Labute approximate surface area is 116 Å². The van der Waals surface area contributed by atoms with E-state index < -0.39 is 10.9 Å². The van der Waals surface area contributed by atoms with Crippen LogP contribution in [-0.4, -0.2) is 34.9 Å². The molecule has 0 amide bonds. The maximum absolute atomic E-state index is 11.6. The lowest BCUT2D eigenvalue weighted by atomic mass is 10.1. The zero-order chi connectivity index (χ0) is 15.3. The molecule has 0 aliphatic carbocycles. The zero-order valence-electron chi connectivity index (χ0n) is 11.3. The van der Waals surface area contributed by atoms with Gasteiger partial charge in [0.1, 0.15) is 6.54 Å². The van der Waals surface area contributed by atoms with Crippen LogP contribution in [0.5, 0.6) is 0 Å². The first-order valence-corrected chi connectivity index (χ1v) is 6.13. The topological polar surface area (TPSA) is 101 Å². The van der Waals surface area contributed by atoms with E-state index in [0.717, 1.165) is 0 Å². The van der Waals surface area contributed by atoms with Crippen molar-refractivity contribution in [1.29, 1.82) is 0 Å². The Hall–Kier alpha value is -2.44. The van der Waals surface area contributed by atoms with Gasteiger partial charge in [0.05, 0.1) is 10.6 Å². The third kappa shape index (κ3) is 3.78. The molecule has 0 saturated heterocycles. The van der Waals surface area contributed by atoms with Crippen LogP contribution >= 0.6 is 0 Å². The highest BCUT2D eigenvalue weighted by molar-refractivity contribution is 6.00. The molecule has 0 saturated carbocycles. The number of anilines is 1. The fraction of sp³-hybridized carbons (Fsp3) is 0.385. The predicted octanol–water partition coefficient (Wildman–Crippen LogP) is 2.10. The molecular weight excluding hydrogens is 264 g/mol. The predicted molar refractivity (Wildman–Crippen MR) is 73.2 cm³/mol. The monoisotopic (exact) mass is 280 g/mol. The van der Waals surface area contributed by atoms with Gasteiger partial charge in [-0.05, 0) is 19.4 Å². The number of nitro benzene ring substituents is 1. The van der Waals surface area contributed by atoms with Gasteiger partial charge >= 0.3 is 5.97 Å². The van der Waals surface area contributed by atoms with Gasteiger partial charge in [0, 0.05) is 24.2 Å². The summed E-state index contributed by atoms with van der Waals surface area (Å²) >= 11 is 0. The molecule has 20 heavy (non-hydrogen) atoms. The largest absolute Gasteiger partial charge is 0.480 e. The van der Waals surface area contributed by atoms with E-state index in [2.05, 4.69) is 0 Å². The molecule has 0 bridgehead atoms. The van der Waals surface area contributed by atoms with Crippen molar-refractivity contribution < 1.29 is 19.6 Å². The molecule has 7 nitrogen and oxygen atoms in total. The second-order valence-corrected chi connectivity index (χ2v) is 4.33. The molecule has 0 radical (unpaired) electrons. The lowest BCUT2D eigenvalue weighted by Crippen LogP contribution is -2.31. The smallest absolute Gasteiger partial charge is 0.323 e. The first kappa shape index (κ1) is 15.6. The molecule has 0 aromatic heterocycles. The third-order valence-electron chi connectivity index (χ3n) is 2.73. The van der Waals surface area contributed by atoms with Crippen LogP contribution in [0.4, 0.5) is 11.4 Å². The van der Waals surface area contributed by atoms with E-state index >= 15 is 0 Å². The van der Waals surface area contributed by atoms with Crippen LogP contribution in [0.15, 0.2) is 18.2 Å². The molecule has 0 heterocycles. The quantitative estimate of drug-likeness (QED) is 0.466. The van der Waals surface area contributed by atoms with Gasteiger partial charge in [0.25, 0.3) is 5.69 Å². The van der Waals surface area contributed by atoms with E-state index in [1.165, 1.54) is 30.0 Å². The number of non-ortho nitro benzene ring substituents is 1. The summed E-state index contributed by atoms with van der Waals surface area (Å²) in [5, 5.41) is 19.7. The van der Waals surface area contributed by atoms with Crippen molar-refractivity contribution in [3.63, 3.8) is 0 Å². The Morgan fingerprint density at radius 2 is 2.05 bits per heavy atom. The molecule has 0 aliphatic rings. The normalized spacial score (nSPS) is 10.1. The lowest BCUT2D eigenvalue weighted by molar-refractivity contribution is -0.384. The number of ketones is 1. The summed E-state index contributed by atoms with van der Waals surface area (Å²) < 4.78 is 0. The fourth-order valence-corrected chi connectivity index (χ4v) is 1.91. The Morgan fingerprint density at radius 1 is 1.40 bits per heavy atom. The number of nitrogens with zero attached hydrogens (tertiary/aromatic N) is 2. The summed E-state index contributed by atoms with van der Waals surface area (Å²) in [5.74, 6) is -1.32. The number of carboxylic acid groups (broad SMARTS) is 1. The number of nitro groups is 1.